The molecule has 0 atom stereocenters. The van der Waals surface area contributed by atoms with Crippen LogP contribution in [0.3, 0.4) is 0 Å². The maximum absolute atomic E-state index is 12.1. The second-order valence-electron chi connectivity index (χ2n) is 5.69. The number of pyridine rings is 1. The first-order valence-corrected chi connectivity index (χ1v) is 7.75. The molecule has 0 unspecified atom stereocenters. The molecule has 2 aromatic heterocycles. The smallest absolute Gasteiger partial charge is 0.271 e. The summed E-state index contributed by atoms with van der Waals surface area (Å²) in [5.74, 6) is 0.639. The topological polar surface area (TPSA) is 99.8 Å². The molecule has 0 bridgehead atoms. The zero-order valence-corrected chi connectivity index (χ0v) is 12.7. The van der Waals surface area contributed by atoms with E-state index in [1.54, 1.807) is 6.20 Å². The average Bonchev–Trinajstić information content (AvgIpc) is 2.58. The van der Waals surface area contributed by atoms with E-state index in [9.17, 15) is 9.59 Å². The number of H-pyrrole nitrogens is 1. The summed E-state index contributed by atoms with van der Waals surface area (Å²) in [5, 5.41) is 12.4. The first-order valence-electron chi connectivity index (χ1n) is 7.75. The number of hydrogen-bond donors (Lipinski definition) is 3. The van der Waals surface area contributed by atoms with Gasteiger partial charge in [0.1, 0.15) is 11.5 Å². The van der Waals surface area contributed by atoms with Crippen LogP contribution in [0.15, 0.2) is 41.3 Å². The Hall–Kier alpha value is -2.70. The quantitative estimate of drug-likeness (QED) is 0.790. The van der Waals surface area contributed by atoms with Crippen LogP contribution in [0.1, 0.15) is 36.2 Å². The summed E-state index contributed by atoms with van der Waals surface area (Å²) in [6, 6.07) is 9.05. The van der Waals surface area contributed by atoms with E-state index < -0.39 is 0 Å². The van der Waals surface area contributed by atoms with E-state index in [0.29, 0.717) is 6.04 Å². The standard InChI is InChI=1S/C16H19N5O2/c22-15-9-8-13(20-21-15)16(23)19-12-6-4-11(5-7-12)18-14-3-1-2-10-17-14/h1-3,8-12H,4-7H2,(H,17,18)(H,19,23)(H,21,22). The largest absolute Gasteiger partial charge is 0.367 e. The monoisotopic (exact) mass is 313 g/mol. The predicted molar refractivity (Wildman–Crippen MR) is 86.2 cm³/mol. The molecule has 3 N–H and O–H groups in total. The Morgan fingerprint density at radius 2 is 1.87 bits per heavy atom. The zero-order chi connectivity index (χ0) is 16.1. The summed E-state index contributed by atoms with van der Waals surface area (Å²) in [4.78, 5) is 27.3. The second-order valence-corrected chi connectivity index (χ2v) is 5.69. The Morgan fingerprint density at radius 3 is 2.52 bits per heavy atom. The average molecular weight is 313 g/mol. The minimum atomic E-state index is -0.317. The number of rotatable bonds is 4. The van der Waals surface area contributed by atoms with Gasteiger partial charge in [0, 0.05) is 24.3 Å². The van der Waals surface area contributed by atoms with Crippen LogP contribution in [-0.4, -0.2) is 33.2 Å². The van der Waals surface area contributed by atoms with E-state index in [1.165, 1.54) is 12.1 Å². The van der Waals surface area contributed by atoms with Crippen molar-refractivity contribution in [2.24, 2.45) is 0 Å². The molecule has 0 saturated heterocycles. The molecule has 1 fully saturated rings. The lowest BCUT2D eigenvalue weighted by Crippen LogP contribution is -2.40. The number of aromatic amines is 1. The Labute approximate surface area is 133 Å². The number of nitrogens with zero attached hydrogens (tertiary/aromatic N) is 2. The Kier molecular flexibility index (Phi) is 4.65. The van der Waals surface area contributed by atoms with Gasteiger partial charge in [0.15, 0.2) is 0 Å². The molecular weight excluding hydrogens is 294 g/mol. The van der Waals surface area contributed by atoms with Crippen molar-refractivity contribution in [1.82, 2.24) is 20.5 Å². The first-order chi connectivity index (χ1) is 11.2. The molecule has 0 aromatic carbocycles. The van der Waals surface area contributed by atoms with E-state index in [1.807, 2.05) is 18.2 Å². The second kappa shape index (κ2) is 7.04. The lowest BCUT2D eigenvalue weighted by Gasteiger charge is -2.29. The SMILES string of the molecule is O=C(NC1CCC(Nc2ccccn2)CC1)c1ccc(=O)[nH]n1. The molecule has 7 heteroatoms. The Bertz CT molecular complexity index is 687. The van der Waals surface area contributed by atoms with Crippen molar-refractivity contribution in [1.29, 1.82) is 0 Å². The molecule has 2 heterocycles. The van der Waals surface area contributed by atoms with Crippen LogP contribution in [0.5, 0.6) is 0 Å². The van der Waals surface area contributed by atoms with Crippen LogP contribution in [0.2, 0.25) is 0 Å². The third kappa shape index (κ3) is 4.15. The Morgan fingerprint density at radius 1 is 1.09 bits per heavy atom. The van der Waals surface area contributed by atoms with Gasteiger partial charge in [-0.25, -0.2) is 10.1 Å². The number of carbonyl (C=O) groups excluding carboxylic acids is 1. The number of anilines is 1. The molecular formula is C16H19N5O2. The summed E-state index contributed by atoms with van der Waals surface area (Å²) < 4.78 is 0. The lowest BCUT2D eigenvalue weighted by atomic mass is 9.91. The van der Waals surface area contributed by atoms with Crippen molar-refractivity contribution in [3.63, 3.8) is 0 Å². The van der Waals surface area contributed by atoms with E-state index >= 15 is 0 Å². The molecule has 1 aliphatic carbocycles. The first kappa shape index (κ1) is 15.2. The van der Waals surface area contributed by atoms with Gasteiger partial charge in [-0.15, -0.1) is 0 Å². The summed E-state index contributed by atoms with van der Waals surface area (Å²) >= 11 is 0. The van der Waals surface area contributed by atoms with Gasteiger partial charge in [-0.05, 0) is 43.9 Å². The van der Waals surface area contributed by atoms with E-state index in [0.717, 1.165) is 31.5 Å². The molecule has 1 saturated carbocycles. The molecule has 23 heavy (non-hydrogen) atoms. The summed E-state index contributed by atoms with van der Waals surface area (Å²) in [6.07, 6.45) is 5.52. The Balaban J connectivity index is 1.48. The molecule has 1 aliphatic rings. The van der Waals surface area contributed by atoms with Crippen molar-refractivity contribution in [2.75, 3.05) is 5.32 Å². The molecule has 120 valence electrons. The lowest BCUT2D eigenvalue weighted by molar-refractivity contribution is 0.0920. The van der Waals surface area contributed by atoms with Crippen LogP contribution in [0.4, 0.5) is 5.82 Å². The van der Waals surface area contributed by atoms with Crippen LogP contribution in [0, 0.1) is 0 Å². The number of nitrogens with one attached hydrogen (secondary N) is 3. The van der Waals surface area contributed by atoms with E-state index in [4.69, 9.17) is 0 Å². The van der Waals surface area contributed by atoms with Crippen molar-refractivity contribution < 1.29 is 4.79 Å². The van der Waals surface area contributed by atoms with Gasteiger partial charge in [-0.2, -0.15) is 5.10 Å². The highest BCUT2D eigenvalue weighted by Gasteiger charge is 2.23. The fourth-order valence-corrected chi connectivity index (χ4v) is 2.77. The predicted octanol–water partition coefficient (Wildman–Crippen LogP) is 1.32. The molecule has 1 amide bonds. The summed E-state index contributed by atoms with van der Waals surface area (Å²) in [7, 11) is 0. The summed E-state index contributed by atoms with van der Waals surface area (Å²) in [5.41, 5.74) is -0.0824. The highest BCUT2D eigenvalue weighted by Crippen LogP contribution is 2.21. The number of carbonyl (C=O) groups is 1. The minimum absolute atomic E-state index is 0.137. The van der Waals surface area contributed by atoms with Crippen LogP contribution >= 0.6 is 0 Å². The van der Waals surface area contributed by atoms with Crippen LogP contribution in [-0.2, 0) is 0 Å². The van der Waals surface area contributed by atoms with Crippen molar-refractivity contribution in [3.8, 4) is 0 Å². The van der Waals surface area contributed by atoms with Crippen molar-refractivity contribution >= 4 is 11.7 Å². The van der Waals surface area contributed by atoms with Gasteiger partial charge >= 0.3 is 0 Å². The molecule has 2 aromatic rings. The molecule has 0 aliphatic heterocycles. The maximum atomic E-state index is 12.1. The fraction of sp³-hybridized carbons (Fsp3) is 0.375. The molecule has 3 rings (SSSR count). The van der Waals surface area contributed by atoms with Crippen molar-refractivity contribution in [3.05, 3.63) is 52.6 Å². The third-order valence-corrected chi connectivity index (χ3v) is 3.99. The third-order valence-electron chi connectivity index (χ3n) is 3.99. The molecule has 7 nitrogen and oxygen atoms in total. The fourth-order valence-electron chi connectivity index (χ4n) is 2.77. The molecule has 0 spiro atoms. The zero-order valence-electron chi connectivity index (χ0n) is 12.7. The minimum Gasteiger partial charge on any atom is -0.367 e. The molecule has 0 radical (unpaired) electrons. The van der Waals surface area contributed by atoms with Gasteiger partial charge in [0.25, 0.3) is 11.5 Å². The van der Waals surface area contributed by atoms with E-state index in [2.05, 4.69) is 25.8 Å². The van der Waals surface area contributed by atoms with Crippen LogP contribution in [0.25, 0.3) is 0 Å². The highest BCUT2D eigenvalue weighted by molar-refractivity contribution is 5.92. The van der Waals surface area contributed by atoms with Gasteiger partial charge in [0.05, 0.1) is 0 Å². The van der Waals surface area contributed by atoms with Crippen molar-refractivity contribution in [2.45, 2.75) is 37.8 Å². The van der Waals surface area contributed by atoms with E-state index in [-0.39, 0.29) is 23.2 Å². The van der Waals surface area contributed by atoms with Crippen LogP contribution < -0.4 is 16.2 Å². The highest BCUT2D eigenvalue weighted by atomic mass is 16.2. The number of amides is 1. The number of aromatic nitrogens is 3. The normalized spacial score (nSPS) is 20.7. The van der Waals surface area contributed by atoms with Gasteiger partial charge in [0.2, 0.25) is 0 Å². The number of hydrogen-bond acceptors (Lipinski definition) is 5. The van der Waals surface area contributed by atoms with Gasteiger partial charge in [-0.3, -0.25) is 9.59 Å². The van der Waals surface area contributed by atoms with Gasteiger partial charge in [-0.1, -0.05) is 6.07 Å². The van der Waals surface area contributed by atoms with Gasteiger partial charge < -0.3 is 10.6 Å². The maximum Gasteiger partial charge on any atom is 0.271 e. The summed E-state index contributed by atoms with van der Waals surface area (Å²) in [6.45, 7) is 0.